The molecule has 0 saturated heterocycles. The normalized spacial score (nSPS) is 10.8. The lowest BCUT2D eigenvalue weighted by atomic mass is 10.2. The van der Waals surface area contributed by atoms with Crippen molar-refractivity contribution in [3.8, 4) is 11.5 Å². The third-order valence-corrected chi connectivity index (χ3v) is 3.74. The van der Waals surface area contributed by atoms with Gasteiger partial charge in [0.25, 0.3) is 5.91 Å². The molecule has 28 heavy (non-hydrogen) atoms. The lowest BCUT2D eigenvalue weighted by molar-refractivity contribution is 0.0949. The summed E-state index contributed by atoms with van der Waals surface area (Å²) >= 11 is 0. The number of aromatic nitrogens is 1. The molecule has 0 bridgehead atoms. The van der Waals surface area contributed by atoms with E-state index in [9.17, 15) is 4.79 Å². The van der Waals surface area contributed by atoms with E-state index in [0.29, 0.717) is 36.8 Å². The second-order valence-corrected chi connectivity index (χ2v) is 5.91. The summed E-state index contributed by atoms with van der Waals surface area (Å²) in [5, 5.41) is 6.18. The first kappa shape index (κ1) is 26.0. The molecule has 0 fully saturated rings. The highest BCUT2D eigenvalue weighted by Gasteiger charge is 2.12. The summed E-state index contributed by atoms with van der Waals surface area (Å²) in [6, 6.07) is 9.26. The third kappa shape index (κ3) is 8.33. The van der Waals surface area contributed by atoms with Gasteiger partial charge >= 0.3 is 0 Å². The zero-order valence-corrected chi connectivity index (χ0v) is 18.1. The Morgan fingerprint density at radius 3 is 2.57 bits per heavy atom. The fraction of sp³-hybridized carbons (Fsp3) is 0.400. The monoisotopic (exact) mass is 429 g/mol. The third-order valence-electron chi connectivity index (χ3n) is 3.74. The Kier molecular flexibility index (Phi) is 13.0. The van der Waals surface area contributed by atoms with Crippen molar-refractivity contribution in [1.29, 1.82) is 0 Å². The molecule has 156 valence electrons. The topological polar surface area (TPSA) is 72.5 Å². The fourth-order valence-electron chi connectivity index (χ4n) is 2.45. The van der Waals surface area contributed by atoms with E-state index in [2.05, 4.69) is 15.6 Å². The molecule has 1 amide bonds. The number of pyridine rings is 1. The summed E-state index contributed by atoms with van der Waals surface area (Å²) in [6.07, 6.45) is 3.48. The van der Waals surface area contributed by atoms with Crippen molar-refractivity contribution in [2.75, 3.05) is 19.7 Å². The quantitative estimate of drug-likeness (QED) is 0.602. The van der Waals surface area contributed by atoms with Gasteiger partial charge in [-0.05, 0) is 44.7 Å². The van der Waals surface area contributed by atoms with Crippen LogP contribution < -0.4 is 20.1 Å². The van der Waals surface area contributed by atoms with Gasteiger partial charge in [0, 0.05) is 36.1 Å². The molecule has 1 heterocycles. The fourth-order valence-corrected chi connectivity index (χ4v) is 2.45. The molecule has 2 rings (SSSR count). The van der Waals surface area contributed by atoms with E-state index in [-0.39, 0.29) is 36.8 Å². The average molecular weight is 430 g/mol. The van der Waals surface area contributed by atoms with Gasteiger partial charge in [0.2, 0.25) is 0 Å². The minimum absolute atomic E-state index is 0. The number of amides is 1. The largest absolute Gasteiger partial charge is 0.490 e. The zero-order chi connectivity index (χ0) is 18.8. The minimum atomic E-state index is -0.130. The molecule has 2 aromatic rings. The number of hydrogen-bond acceptors (Lipinski definition) is 5. The van der Waals surface area contributed by atoms with Gasteiger partial charge in [-0.2, -0.15) is 0 Å². The van der Waals surface area contributed by atoms with Gasteiger partial charge in [-0.15, -0.1) is 24.8 Å². The number of nitrogens with one attached hydrogen (secondary N) is 2. The van der Waals surface area contributed by atoms with E-state index >= 15 is 0 Å². The van der Waals surface area contributed by atoms with Crippen molar-refractivity contribution in [3.63, 3.8) is 0 Å². The Hall–Kier alpha value is -2.02. The predicted octanol–water partition coefficient (Wildman–Crippen LogP) is 3.63. The average Bonchev–Trinajstić information content (AvgIpc) is 2.66. The van der Waals surface area contributed by atoms with Crippen LogP contribution in [-0.2, 0) is 6.61 Å². The molecular weight excluding hydrogens is 401 g/mol. The van der Waals surface area contributed by atoms with Crippen LogP contribution in [0.4, 0.5) is 0 Å². The molecule has 6 nitrogen and oxygen atoms in total. The second-order valence-electron chi connectivity index (χ2n) is 5.91. The van der Waals surface area contributed by atoms with E-state index in [1.807, 2.05) is 32.9 Å². The van der Waals surface area contributed by atoms with Crippen LogP contribution in [0.2, 0.25) is 0 Å². The van der Waals surface area contributed by atoms with E-state index < -0.39 is 0 Å². The summed E-state index contributed by atoms with van der Waals surface area (Å²) in [7, 11) is 0. The Bertz CT molecular complexity index is 702. The van der Waals surface area contributed by atoms with Crippen LogP contribution in [-0.4, -0.2) is 36.6 Å². The van der Waals surface area contributed by atoms with Crippen molar-refractivity contribution in [3.05, 3.63) is 53.9 Å². The van der Waals surface area contributed by atoms with Gasteiger partial charge < -0.3 is 20.1 Å². The Labute approximate surface area is 179 Å². The number of carbonyl (C=O) groups is 1. The first-order valence-electron chi connectivity index (χ1n) is 8.94. The lowest BCUT2D eigenvalue weighted by Gasteiger charge is -2.15. The van der Waals surface area contributed by atoms with Crippen molar-refractivity contribution < 1.29 is 14.3 Å². The number of rotatable bonds is 10. The van der Waals surface area contributed by atoms with Gasteiger partial charge in [-0.1, -0.05) is 13.0 Å². The van der Waals surface area contributed by atoms with Crippen LogP contribution >= 0.6 is 24.8 Å². The number of hydrogen-bond donors (Lipinski definition) is 2. The molecule has 1 atom stereocenters. The highest BCUT2D eigenvalue weighted by atomic mass is 35.5. The van der Waals surface area contributed by atoms with Crippen LogP contribution in [0.15, 0.2) is 42.7 Å². The first-order chi connectivity index (χ1) is 12.6. The van der Waals surface area contributed by atoms with Crippen LogP contribution in [0, 0.1) is 0 Å². The minimum Gasteiger partial charge on any atom is -0.490 e. The van der Waals surface area contributed by atoms with Crippen LogP contribution in [0.3, 0.4) is 0 Å². The van der Waals surface area contributed by atoms with Gasteiger partial charge in [-0.25, -0.2) is 0 Å². The molecule has 2 N–H and O–H groups in total. The maximum Gasteiger partial charge on any atom is 0.251 e. The molecule has 0 aliphatic rings. The summed E-state index contributed by atoms with van der Waals surface area (Å²) in [5.41, 5.74) is 1.51. The van der Waals surface area contributed by atoms with Gasteiger partial charge in [0.05, 0.1) is 6.61 Å². The smallest absolute Gasteiger partial charge is 0.251 e. The number of carbonyl (C=O) groups excluding carboxylic acids is 1. The highest BCUT2D eigenvalue weighted by Crippen LogP contribution is 2.29. The van der Waals surface area contributed by atoms with E-state index in [1.54, 1.807) is 30.6 Å². The molecule has 0 radical (unpaired) electrons. The van der Waals surface area contributed by atoms with Crippen LogP contribution in [0.1, 0.15) is 36.7 Å². The number of benzene rings is 1. The van der Waals surface area contributed by atoms with Gasteiger partial charge in [0.1, 0.15) is 6.61 Å². The molecule has 0 spiro atoms. The second kappa shape index (κ2) is 14.0. The Morgan fingerprint density at radius 1 is 1.14 bits per heavy atom. The van der Waals surface area contributed by atoms with Crippen molar-refractivity contribution >= 4 is 30.7 Å². The molecule has 1 aromatic carbocycles. The molecule has 0 aliphatic heterocycles. The maximum atomic E-state index is 12.4. The number of nitrogens with zero attached hydrogens (tertiary/aromatic N) is 1. The molecule has 8 heteroatoms. The maximum absolute atomic E-state index is 12.4. The van der Waals surface area contributed by atoms with Crippen molar-refractivity contribution in [2.45, 2.75) is 33.4 Å². The Morgan fingerprint density at radius 2 is 1.93 bits per heavy atom. The van der Waals surface area contributed by atoms with Gasteiger partial charge in [-0.3, -0.25) is 9.78 Å². The zero-order valence-electron chi connectivity index (χ0n) is 16.4. The first-order valence-corrected chi connectivity index (χ1v) is 8.94. The van der Waals surface area contributed by atoms with Crippen molar-refractivity contribution in [2.24, 2.45) is 0 Å². The Balaban J connectivity index is 0.00000364. The van der Waals surface area contributed by atoms with Crippen LogP contribution in [0.5, 0.6) is 11.5 Å². The van der Waals surface area contributed by atoms with Crippen molar-refractivity contribution in [1.82, 2.24) is 15.6 Å². The SMILES string of the molecule is CCN[C@H](C)CNC(=O)c1ccc(OCc2cccnc2)c(OCC)c1.Cl.Cl. The molecule has 0 unspecified atom stereocenters. The predicted molar refractivity (Wildman–Crippen MR) is 116 cm³/mol. The summed E-state index contributed by atoms with van der Waals surface area (Å²) in [6.45, 7) is 8.28. The number of likely N-dealkylation sites (N-methyl/N-ethyl adjacent to an activating group) is 1. The lowest BCUT2D eigenvalue weighted by Crippen LogP contribution is -2.38. The molecule has 0 aliphatic carbocycles. The highest BCUT2D eigenvalue weighted by molar-refractivity contribution is 5.94. The number of halogens is 2. The molecular formula is C20H29Cl2N3O3. The van der Waals surface area contributed by atoms with Gasteiger partial charge in [0.15, 0.2) is 11.5 Å². The van der Waals surface area contributed by atoms with Crippen LogP contribution in [0.25, 0.3) is 0 Å². The summed E-state index contributed by atoms with van der Waals surface area (Å²) in [4.78, 5) is 16.4. The van der Waals surface area contributed by atoms with E-state index in [4.69, 9.17) is 9.47 Å². The number of ether oxygens (including phenoxy) is 2. The standard InChI is InChI=1S/C20H27N3O3.2ClH/c1-4-22-15(3)12-23-20(24)17-8-9-18(19(11-17)25-5-2)26-14-16-7-6-10-21-13-16;;/h6-11,13,15,22H,4-5,12,14H2,1-3H3,(H,23,24);2*1H/t15-;;/m1../s1. The van der Waals surface area contributed by atoms with E-state index in [0.717, 1.165) is 12.1 Å². The van der Waals surface area contributed by atoms with E-state index in [1.165, 1.54) is 0 Å². The summed E-state index contributed by atoms with van der Waals surface area (Å²) < 4.78 is 11.5. The molecule has 0 saturated carbocycles. The summed E-state index contributed by atoms with van der Waals surface area (Å²) in [5.74, 6) is 1.03. The molecule has 1 aromatic heterocycles.